The number of benzene rings is 1. The number of hydrogen-bond acceptors (Lipinski definition) is 4. The Morgan fingerprint density at radius 2 is 2.00 bits per heavy atom. The first-order valence-electron chi connectivity index (χ1n) is 7.17. The van der Waals surface area contributed by atoms with Crippen LogP contribution in [0.4, 0.5) is 0 Å². The first-order chi connectivity index (χ1) is 10.1. The average Bonchev–Trinajstić information content (AvgIpc) is 2.78. The highest BCUT2D eigenvalue weighted by Gasteiger charge is 2.18. The molecule has 0 amide bonds. The molecule has 0 bridgehead atoms. The second-order valence-electron chi connectivity index (χ2n) is 5.36. The molecule has 0 fully saturated rings. The molecule has 2 aromatic rings. The number of nitrogens with zero attached hydrogens (tertiary/aromatic N) is 1. The summed E-state index contributed by atoms with van der Waals surface area (Å²) < 4.78 is 7.15. The molecule has 1 aromatic heterocycles. The van der Waals surface area contributed by atoms with Crippen LogP contribution in [0.15, 0.2) is 24.3 Å². The highest BCUT2D eigenvalue weighted by Crippen LogP contribution is 2.23. The van der Waals surface area contributed by atoms with Gasteiger partial charge in [-0.05, 0) is 44.7 Å². The van der Waals surface area contributed by atoms with Crippen LogP contribution in [-0.2, 0) is 24.2 Å². The number of ether oxygens (including phenoxy) is 1. The molecule has 110 valence electrons. The van der Waals surface area contributed by atoms with E-state index in [1.165, 1.54) is 22.6 Å². The molecule has 0 unspecified atom stereocenters. The van der Waals surface area contributed by atoms with E-state index in [1.807, 2.05) is 19.1 Å². The fourth-order valence-corrected chi connectivity index (χ4v) is 3.71. The minimum absolute atomic E-state index is 0.124. The number of nitrogens with one attached hydrogen (secondary N) is 1. The largest absolute Gasteiger partial charge is 0.425 e. The van der Waals surface area contributed by atoms with Crippen molar-refractivity contribution in [2.24, 2.45) is 0 Å². The second-order valence-corrected chi connectivity index (χ2v) is 6.44. The molecule has 5 heteroatoms. The smallest absolute Gasteiger partial charge is 0.331 e. The Morgan fingerprint density at radius 1 is 1.29 bits per heavy atom. The number of carbonyl (C=O) groups is 1. The quantitative estimate of drug-likeness (QED) is 0.700. The molecule has 0 aliphatic heterocycles. The van der Waals surface area contributed by atoms with Gasteiger partial charge in [-0.15, -0.1) is 11.3 Å². The van der Waals surface area contributed by atoms with Gasteiger partial charge in [0, 0.05) is 10.6 Å². The molecule has 0 radical (unpaired) electrons. The van der Waals surface area contributed by atoms with Crippen molar-refractivity contribution in [2.45, 2.75) is 39.2 Å². The zero-order valence-electron chi connectivity index (χ0n) is 12.0. The third kappa shape index (κ3) is 3.08. The summed E-state index contributed by atoms with van der Waals surface area (Å²) in [5.74, 6) is 0.241. The number of aromatic nitrogens is 1. The van der Waals surface area contributed by atoms with Crippen LogP contribution in [0, 0.1) is 12.3 Å². The zero-order valence-corrected chi connectivity index (χ0v) is 12.8. The van der Waals surface area contributed by atoms with Crippen molar-refractivity contribution in [1.29, 1.82) is 5.41 Å². The number of carbonyl (C=O) groups excluding carboxylic acids is 1. The number of aryl methyl sites for hydroxylation is 2. The second kappa shape index (κ2) is 5.85. The van der Waals surface area contributed by atoms with Gasteiger partial charge >= 0.3 is 5.97 Å². The summed E-state index contributed by atoms with van der Waals surface area (Å²) in [5, 5.41) is 8.04. The molecule has 0 saturated heterocycles. The maximum absolute atomic E-state index is 12.1. The summed E-state index contributed by atoms with van der Waals surface area (Å²) in [4.78, 5) is 13.8. The lowest BCUT2D eigenvalue weighted by Gasteiger charge is -2.14. The summed E-state index contributed by atoms with van der Waals surface area (Å²) in [6.07, 6.45) is 4.31. The molecule has 0 atom stereocenters. The van der Waals surface area contributed by atoms with Crippen LogP contribution in [0.1, 0.15) is 29.0 Å². The normalized spacial score (nSPS) is 13.8. The maximum Gasteiger partial charge on any atom is 0.331 e. The van der Waals surface area contributed by atoms with Crippen LogP contribution in [0.5, 0.6) is 5.75 Å². The predicted molar refractivity (Wildman–Crippen MR) is 81.6 cm³/mol. The third-order valence-electron chi connectivity index (χ3n) is 3.72. The van der Waals surface area contributed by atoms with Crippen LogP contribution in [0.3, 0.4) is 0 Å². The van der Waals surface area contributed by atoms with Crippen molar-refractivity contribution in [3.05, 3.63) is 45.2 Å². The van der Waals surface area contributed by atoms with Gasteiger partial charge < -0.3 is 9.30 Å². The van der Waals surface area contributed by atoms with Gasteiger partial charge in [-0.25, -0.2) is 4.79 Å². The van der Waals surface area contributed by atoms with Gasteiger partial charge in [0.25, 0.3) is 0 Å². The highest BCUT2D eigenvalue weighted by atomic mass is 32.1. The Balaban J connectivity index is 1.74. The molecule has 1 N–H and O–H groups in total. The monoisotopic (exact) mass is 302 g/mol. The molecule has 1 heterocycles. The van der Waals surface area contributed by atoms with Gasteiger partial charge in [0.05, 0.1) is 0 Å². The van der Waals surface area contributed by atoms with Crippen molar-refractivity contribution in [3.8, 4) is 5.75 Å². The Labute approximate surface area is 127 Å². The van der Waals surface area contributed by atoms with Crippen LogP contribution in [-0.4, -0.2) is 10.5 Å². The number of esters is 1. The molecule has 0 spiro atoms. The van der Waals surface area contributed by atoms with E-state index in [-0.39, 0.29) is 12.5 Å². The van der Waals surface area contributed by atoms with Gasteiger partial charge in [0.2, 0.25) is 0 Å². The van der Waals surface area contributed by atoms with Crippen LogP contribution >= 0.6 is 11.3 Å². The van der Waals surface area contributed by atoms with E-state index in [9.17, 15) is 4.79 Å². The van der Waals surface area contributed by atoms with E-state index in [0.717, 1.165) is 30.5 Å². The Hall–Kier alpha value is -1.88. The summed E-state index contributed by atoms with van der Waals surface area (Å²) in [7, 11) is 0. The maximum atomic E-state index is 12.1. The minimum atomic E-state index is -0.316. The SMILES string of the molecule is Cc1ccc(OC(=O)Cn2c3c(sc2=N)CCCC3)cc1. The Bertz CT molecular complexity index is 713. The van der Waals surface area contributed by atoms with Crippen molar-refractivity contribution in [2.75, 3.05) is 0 Å². The van der Waals surface area contributed by atoms with E-state index in [4.69, 9.17) is 10.1 Å². The number of hydrogen-bond donors (Lipinski definition) is 1. The van der Waals surface area contributed by atoms with Gasteiger partial charge in [0.15, 0.2) is 4.80 Å². The minimum Gasteiger partial charge on any atom is -0.425 e. The number of rotatable bonds is 3. The predicted octanol–water partition coefficient (Wildman–Crippen LogP) is 2.82. The van der Waals surface area contributed by atoms with E-state index < -0.39 is 0 Å². The molecule has 3 rings (SSSR count). The molecule has 1 aromatic carbocycles. The lowest BCUT2D eigenvalue weighted by Crippen LogP contribution is -2.25. The van der Waals surface area contributed by atoms with Crippen LogP contribution in [0.25, 0.3) is 0 Å². The van der Waals surface area contributed by atoms with Crippen molar-refractivity contribution in [3.63, 3.8) is 0 Å². The van der Waals surface area contributed by atoms with E-state index in [2.05, 4.69) is 0 Å². The fourth-order valence-electron chi connectivity index (χ4n) is 2.62. The van der Waals surface area contributed by atoms with Gasteiger partial charge in [0.1, 0.15) is 12.3 Å². The standard InChI is InChI=1S/C16H18N2O2S/c1-11-6-8-12(9-7-11)20-15(19)10-18-13-4-2-3-5-14(13)21-16(18)17/h6-9,17H,2-5,10H2,1H3. The Morgan fingerprint density at radius 3 is 2.76 bits per heavy atom. The Kier molecular flexibility index (Phi) is 3.92. The van der Waals surface area contributed by atoms with Crippen molar-refractivity contribution < 1.29 is 9.53 Å². The van der Waals surface area contributed by atoms with Crippen molar-refractivity contribution >= 4 is 17.3 Å². The molecular weight excluding hydrogens is 284 g/mol. The van der Waals surface area contributed by atoms with Crippen LogP contribution in [0.2, 0.25) is 0 Å². The van der Waals surface area contributed by atoms with Gasteiger partial charge in [-0.1, -0.05) is 17.7 Å². The number of thiazole rings is 1. The summed E-state index contributed by atoms with van der Waals surface area (Å²) in [5.41, 5.74) is 2.28. The lowest BCUT2D eigenvalue weighted by molar-refractivity contribution is -0.135. The van der Waals surface area contributed by atoms with Crippen molar-refractivity contribution in [1.82, 2.24) is 4.57 Å². The molecule has 21 heavy (non-hydrogen) atoms. The first-order valence-corrected chi connectivity index (χ1v) is 7.98. The topological polar surface area (TPSA) is 55.1 Å². The highest BCUT2D eigenvalue weighted by molar-refractivity contribution is 7.09. The molecule has 0 saturated carbocycles. The fraction of sp³-hybridized carbons (Fsp3) is 0.375. The first kappa shape index (κ1) is 14.1. The molecule has 4 nitrogen and oxygen atoms in total. The lowest BCUT2D eigenvalue weighted by atomic mass is 10.0. The van der Waals surface area contributed by atoms with E-state index >= 15 is 0 Å². The molecule has 1 aliphatic rings. The van der Waals surface area contributed by atoms with E-state index in [0.29, 0.717) is 10.6 Å². The summed E-state index contributed by atoms with van der Waals surface area (Å²) in [6, 6.07) is 7.42. The van der Waals surface area contributed by atoms with Gasteiger partial charge in [-0.3, -0.25) is 5.41 Å². The summed E-state index contributed by atoms with van der Waals surface area (Å²) >= 11 is 1.49. The zero-order chi connectivity index (χ0) is 14.8. The third-order valence-corrected chi connectivity index (χ3v) is 4.82. The molecular formula is C16H18N2O2S. The van der Waals surface area contributed by atoms with Gasteiger partial charge in [-0.2, -0.15) is 0 Å². The van der Waals surface area contributed by atoms with E-state index in [1.54, 1.807) is 16.7 Å². The summed E-state index contributed by atoms with van der Waals surface area (Å²) in [6.45, 7) is 2.12. The van der Waals surface area contributed by atoms with Crippen LogP contribution < -0.4 is 9.54 Å². The number of fused-ring (bicyclic) bond motifs is 1. The molecule has 1 aliphatic carbocycles. The average molecular weight is 302 g/mol.